The molecule has 0 aliphatic carbocycles. The van der Waals surface area contributed by atoms with Crippen LogP contribution >= 0.6 is 15.9 Å². The van der Waals surface area contributed by atoms with E-state index in [0.29, 0.717) is 0 Å². The lowest BCUT2D eigenvalue weighted by Gasteiger charge is -2.10. The Morgan fingerprint density at radius 1 is 1.38 bits per heavy atom. The summed E-state index contributed by atoms with van der Waals surface area (Å²) in [7, 11) is 0. The molecule has 0 fully saturated rings. The van der Waals surface area contributed by atoms with Gasteiger partial charge in [0.05, 0.1) is 0 Å². The molecule has 0 saturated carbocycles. The Morgan fingerprint density at radius 2 is 2.08 bits per heavy atom. The highest BCUT2D eigenvalue weighted by molar-refractivity contribution is 9.10. The lowest BCUT2D eigenvalue weighted by atomic mass is 10.00. The third-order valence-electron chi connectivity index (χ3n) is 2.09. The van der Waals surface area contributed by atoms with Crippen LogP contribution in [0.15, 0.2) is 22.7 Å². The summed E-state index contributed by atoms with van der Waals surface area (Å²) in [5.74, 6) is 0. The van der Waals surface area contributed by atoms with Crippen molar-refractivity contribution in [2.75, 3.05) is 0 Å². The van der Waals surface area contributed by atoms with Gasteiger partial charge in [-0.1, -0.05) is 28.9 Å². The molecule has 0 aliphatic rings. The highest BCUT2D eigenvalue weighted by Crippen LogP contribution is 2.18. The summed E-state index contributed by atoms with van der Waals surface area (Å²) in [5, 5.41) is 0. The van der Waals surface area contributed by atoms with E-state index in [1.165, 1.54) is 11.1 Å². The average molecular weight is 242 g/mol. The Balaban J connectivity index is 2.94. The van der Waals surface area contributed by atoms with Crippen molar-refractivity contribution in [3.63, 3.8) is 0 Å². The second-order valence-corrected chi connectivity index (χ2v) is 4.36. The van der Waals surface area contributed by atoms with Gasteiger partial charge in [-0.25, -0.2) is 0 Å². The third-order valence-corrected chi connectivity index (χ3v) is 2.58. The summed E-state index contributed by atoms with van der Waals surface area (Å²) in [6, 6.07) is 6.66. The molecule has 72 valence electrons. The maximum Gasteiger partial charge on any atom is 0.0178 e. The van der Waals surface area contributed by atoms with Gasteiger partial charge in [-0.15, -0.1) is 0 Å². The van der Waals surface area contributed by atoms with E-state index in [1.807, 2.05) is 6.92 Å². The molecule has 1 unspecified atom stereocenters. The molecule has 0 saturated heterocycles. The van der Waals surface area contributed by atoms with Crippen molar-refractivity contribution in [1.29, 1.82) is 0 Å². The van der Waals surface area contributed by atoms with E-state index in [9.17, 15) is 0 Å². The van der Waals surface area contributed by atoms with Gasteiger partial charge >= 0.3 is 0 Å². The molecule has 0 amide bonds. The van der Waals surface area contributed by atoms with Gasteiger partial charge in [-0.2, -0.15) is 0 Å². The monoisotopic (exact) mass is 241 g/mol. The van der Waals surface area contributed by atoms with Crippen LogP contribution in [0.5, 0.6) is 0 Å². The largest absolute Gasteiger partial charge is 0.328 e. The van der Waals surface area contributed by atoms with Crippen LogP contribution in [-0.2, 0) is 12.8 Å². The molecule has 1 atom stereocenters. The summed E-state index contributed by atoms with van der Waals surface area (Å²) < 4.78 is 1.14. The van der Waals surface area contributed by atoms with Crippen LogP contribution in [0.4, 0.5) is 0 Å². The second-order valence-electron chi connectivity index (χ2n) is 3.45. The molecule has 13 heavy (non-hydrogen) atoms. The van der Waals surface area contributed by atoms with Crippen LogP contribution in [-0.4, -0.2) is 6.04 Å². The molecule has 1 rings (SSSR count). The first-order valence-corrected chi connectivity index (χ1v) is 5.45. The molecular formula is C11H16BrN. The van der Waals surface area contributed by atoms with Crippen LogP contribution in [0, 0.1) is 0 Å². The topological polar surface area (TPSA) is 26.0 Å². The summed E-state index contributed by atoms with van der Waals surface area (Å²) in [6.45, 7) is 4.22. The Hall–Kier alpha value is -0.340. The Morgan fingerprint density at radius 3 is 2.62 bits per heavy atom. The van der Waals surface area contributed by atoms with Crippen LogP contribution < -0.4 is 5.73 Å². The average Bonchev–Trinajstić information content (AvgIpc) is 2.03. The van der Waals surface area contributed by atoms with Crippen molar-refractivity contribution in [1.82, 2.24) is 0 Å². The minimum absolute atomic E-state index is 0.236. The number of aryl methyl sites for hydroxylation is 1. The summed E-state index contributed by atoms with van der Waals surface area (Å²) in [5.41, 5.74) is 8.55. The predicted molar refractivity (Wildman–Crippen MR) is 60.9 cm³/mol. The molecule has 0 bridgehead atoms. The second kappa shape index (κ2) is 4.77. The number of nitrogens with two attached hydrogens (primary N) is 1. The maximum atomic E-state index is 5.78. The van der Waals surface area contributed by atoms with E-state index >= 15 is 0 Å². The first-order chi connectivity index (χ1) is 6.13. The van der Waals surface area contributed by atoms with Gasteiger partial charge in [-0.05, 0) is 43.0 Å². The molecular weight excluding hydrogens is 226 g/mol. The van der Waals surface area contributed by atoms with Crippen LogP contribution in [0.2, 0.25) is 0 Å². The number of hydrogen-bond acceptors (Lipinski definition) is 1. The van der Waals surface area contributed by atoms with Crippen LogP contribution in [0.25, 0.3) is 0 Å². The first kappa shape index (κ1) is 10.7. The predicted octanol–water partition coefficient (Wildman–Crippen LogP) is 2.90. The smallest absolute Gasteiger partial charge is 0.0178 e. The molecule has 1 nitrogen and oxygen atoms in total. The van der Waals surface area contributed by atoms with Gasteiger partial charge in [0.1, 0.15) is 0 Å². The van der Waals surface area contributed by atoms with Crippen molar-refractivity contribution in [2.24, 2.45) is 5.73 Å². The molecule has 0 radical (unpaired) electrons. The summed E-state index contributed by atoms with van der Waals surface area (Å²) in [6.07, 6.45) is 2.04. The van der Waals surface area contributed by atoms with E-state index in [-0.39, 0.29) is 6.04 Å². The molecule has 0 spiro atoms. The number of halogens is 1. The van der Waals surface area contributed by atoms with Gasteiger partial charge < -0.3 is 5.73 Å². The minimum Gasteiger partial charge on any atom is -0.328 e. The van der Waals surface area contributed by atoms with Crippen molar-refractivity contribution in [2.45, 2.75) is 32.7 Å². The zero-order chi connectivity index (χ0) is 9.84. The first-order valence-electron chi connectivity index (χ1n) is 4.66. The van der Waals surface area contributed by atoms with E-state index < -0.39 is 0 Å². The molecule has 2 heteroatoms. The fourth-order valence-corrected chi connectivity index (χ4v) is 1.88. The van der Waals surface area contributed by atoms with E-state index in [1.54, 1.807) is 0 Å². The maximum absolute atomic E-state index is 5.78. The molecule has 1 aromatic carbocycles. The lowest BCUT2D eigenvalue weighted by molar-refractivity contribution is 0.731. The fraction of sp³-hybridized carbons (Fsp3) is 0.455. The SMILES string of the molecule is CCc1ccc(Br)cc1CC(C)N. The van der Waals surface area contributed by atoms with E-state index in [4.69, 9.17) is 5.73 Å². The normalized spacial score (nSPS) is 12.9. The van der Waals surface area contributed by atoms with E-state index in [2.05, 4.69) is 41.1 Å². The molecule has 0 aromatic heterocycles. The van der Waals surface area contributed by atoms with Gasteiger partial charge in [0.15, 0.2) is 0 Å². The van der Waals surface area contributed by atoms with Crippen molar-refractivity contribution in [3.8, 4) is 0 Å². The molecule has 0 heterocycles. The Labute approximate surface area is 88.5 Å². The Kier molecular flexibility index (Phi) is 3.94. The minimum atomic E-state index is 0.236. The Bertz CT molecular complexity index is 281. The quantitative estimate of drug-likeness (QED) is 0.866. The van der Waals surface area contributed by atoms with Gasteiger partial charge in [0.2, 0.25) is 0 Å². The zero-order valence-electron chi connectivity index (χ0n) is 8.18. The van der Waals surface area contributed by atoms with Crippen molar-refractivity contribution < 1.29 is 0 Å². The summed E-state index contributed by atoms with van der Waals surface area (Å²) in [4.78, 5) is 0. The van der Waals surface area contributed by atoms with Crippen molar-refractivity contribution in [3.05, 3.63) is 33.8 Å². The fourth-order valence-electron chi connectivity index (χ4n) is 1.48. The van der Waals surface area contributed by atoms with Crippen LogP contribution in [0.1, 0.15) is 25.0 Å². The molecule has 1 aromatic rings. The van der Waals surface area contributed by atoms with Gasteiger partial charge in [0.25, 0.3) is 0 Å². The van der Waals surface area contributed by atoms with Gasteiger partial charge in [0, 0.05) is 10.5 Å². The highest BCUT2D eigenvalue weighted by atomic mass is 79.9. The zero-order valence-corrected chi connectivity index (χ0v) is 9.76. The molecule has 0 aliphatic heterocycles. The number of hydrogen-bond donors (Lipinski definition) is 1. The summed E-state index contributed by atoms with van der Waals surface area (Å²) >= 11 is 3.47. The third kappa shape index (κ3) is 3.12. The number of rotatable bonds is 3. The number of benzene rings is 1. The van der Waals surface area contributed by atoms with Gasteiger partial charge in [-0.3, -0.25) is 0 Å². The van der Waals surface area contributed by atoms with Crippen LogP contribution in [0.3, 0.4) is 0 Å². The lowest BCUT2D eigenvalue weighted by Crippen LogP contribution is -2.18. The molecule has 2 N–H and O–H groups in total. The van der Waals surface area contributed by atoms with E-state index in [0.717, 1.165) is 17.3 Å². The highest BCUT2D eigenvalue weighted by Gasteiger charge is 2.03. The van der Waals surface area contributed by atoms with Crippen molar-refractivity contribution >= 4 is 15.9 Å². The standard InChI is InChI=1S/C11H16BrN/c1-3-9-4-5-11(12)7-10(9)6-8(2)13/h4-5,7-8H,3,6,13H2,1-2H3.